The van der Waals surface area contributed by atoms with Crippen molar-refractivity contribution in [3.8, 4) is 0 Å². The number of fused-ring (bicyclic) bond motifs is 1. The quantitative estimate of drug-likeness (QED) is 0.851. The number of nitrogens with zero attached hydrogens (tertiary/aromatic N) is 1. The Hall–Kier alpha value is -1.82. The van der Waals surface area contributed by atoms with Gasteiger partial charge in [0.05, 0.1) is 17.7 Å². The Bertz CT molecular complexity index is 632. The summed E-state index contributed by atoms with van der Waals surface area (Å²) in [7, 11) is 1.47. The van der Waals surface area contributed by atoms with E-state index in [1.54, 1.807) is 6.07 Å². The summed E-state index contributed by atoms with van der Waals surface area (Å²) in [6, 6.07) is 2.12. The molecule has 2 aromatic rings. The second kappa shape index (κ2) is 6.09. The van der Waals surface area contributed by atoms with Crippen molar-refractivity contribution in [1.29, 1.82) is 0 Å². The number of halogens is 3. The predicted octanol–water partition coefficient (Wildman–Crippen LogP) is 3.62. The Morgan fingerprint density at radius 1 is 1.20 bits per heavy atom. The minimum atomic E-state index is -1.25. The standard InChI is InChI=1S/C14H15F3N2O/c1-3-4-18-11-5-8(7-20-2)19-14-12(11)9(15)6-10(16)13(14)17/h5-6H,3-4,7H2,1-2H3,(H,18,19). The van der Waals surface area contributed by atoms with Crippen LogP contribution in [0.3, 0.4) is 0 Å². The molecule has 0 saturated heterocycles. The van der Waals surface area contributed by atoms with E-state index >= 15 is 0 Å². The average molecular weight is 284 g/mol. The van der Waals surface area contributed by atoms with Crippen LogP contribution in [0.15, 0.2) is 12.1 Å². The van der Waals surface area contributed by atoms with E-state index in [9.17, 15) is 13.2 Å². The molecule has 0 fully saturated rings. The minimum absolute atomic E-state index is 0.0443. The fraction of sp³-hybridized carbons (Fsp3) is 0.357. The first-order valence-corrected chi connectivity index (χ1v) is 6.28. The van der Waals surface area contributed by atoms with Gasteiger partial charge in [-0.2, -0.15) is 0 Å². The lowest BCUT2D eigenvalue weighted by Crippen LogP contribution is -2.06. The molecule has 3 nitrogen and oxygen atoms in total. The molecular weight excluding hydrogens is 269 g/mol. The van der Waals surface area contributed by atoms with Crippen molar-refractivity contribution in [2.45, 2.75) is 20.0 Å². The summed E-state index contributed by atoms with van der Waals surface area (Å²) >= 11 is 0. The molecule has 0 spiro atoms. The summed E-state index contributed by atoms with van der Waals surface area (Å²) in [6.07, 6.45) is 0.814. The first kappa shape index (κ1) is 14.6. The maximum absolute atomic E-state index is 13.9. The molecule has 0 radical (unpaired) electrons. The monoisotopic (exact) mass is 284 g/mol. The number of pyridine rings is 1. The zero-order chi connectivity index (χ0) is 14.7. The van der Waals surface area contributed by atoms with Crippen molar-refractivity contribution in [2.24, 2.45) is 0 Å². The van der Waals surface area contributed by atoms with Crippen LogP contribution in [0.5, 0.6) is 0 Å². The Labute approximate surface area is 114 Å². The highest BCUT2D eigenvalue weighted by Crippen LogP contribution is 2.29. The topological polar surface area (TPSA) is 34.1 Å². The van der Waals surface area contributed by atoms with Crippen molar-refractivity contribution in [1.82, 2.24) is 4.98 Å². The fourth-order valence-corrected chi connectivity index (χ4v) is 1.98. The minimum Gasteiger partial charge on any atom is -0.384 e. The van der Waals surface area contributed by atoms with Crippen molar-refractivity contribution in [3.05, 3.63) is 35.3 Å². The molecule has 0 amide bonds. The summed E-state index contributed by atoms with van der Waals surface area (Å²) in [6.45, 7) is 2.67. The summed E-state index contributed by atoms with van der Waals surface area (Å²) < 4.78 is 46.0. The van der Waals surface area contributed by atoms with E-state index in [1.165, 1.54) is 7.11 Å². The normalized spacial score (nSPS) is 11.1. The van der Waals surface area contributed by atoms with Crippen LogP contribution >= 0.6 is 0 Å². The zero-order valence-electron chi connectivity index (χ0n) is 11.3. The van der Waals surface area contributed by atoms with Gasteiger partial charge in [0.25, 0.3) is 0 Å². The van der Waals surface area contributed by atoms with E-state index in [2.05, 4.69) is 10.3 Å². The molecule has 20 heavy (non-hydrogen) atoms. The van der Waals surface area contributed by atoms with E-state index < -0.39 is 17.5 Å². The summed E-state index contributed by atoms with van der Waals surface area (Å²) in [5.74, 6) is -3.24. The molecule has 108 valence electrons. The van der Waals surface area contributed by atoms with Crippen molar-refractivity contribution >= 4 is 16.6 Å². The van der Waals surface area contributed by atoms with Gasteiger partial charge in [0, 0.05) is 25.4 Å². The molecule has 6 heteroatoms. The number of nitrogens with one attached hydrogen (secondary N) is 1. The van der Waals surface area contributed by atoms with E-state index in [-0.39, 0.29) is 17.5 Å². The SMILES string of the molecule is CCCNc1cc(COC)nc2c(F)c(F)cc(F)c12. The average Bonchev–Trinajstić information content (AvgIpc) is 2.42. The highest BCUT2D eigenvalue weighted by Gasteiger charge is 2.18. The highest BCUT2D eigenvalue weighted by atomic mass is 19.2. The molecule has 0 aliphatic carbocycles. The Kier molecular flexibility index (Phi) is 4.44. The van der Waals surface area contributed by atoms with Gasteiger partial charge in [0.15, 0.2) is 11.6 Å². The number of anilines is 1. The van der Waals surface area contributed by atoms with Crippen LogP contribution in [0.25, 0.3) is 10.9 Å². The number of methoxy groups -OCH3 is 1. The van der Waals surface area contributed by atoms with Crippen LogP contribution in [0.4, 0.5) is 18.9 Å². The molecule has 0 aliphatic rings. The third-order valence-corrected chi connectivity index (χ3v) is 2.84. The highest BCUT2D eigenvalue weighted by molar-refractivity contribution is 5.92. The molecule has 1 heterocycles. The van der Waals surface area contributed by atoms with Gasteiger partial charge in [-0.25, -0.2) is 18.2 Å². The van der Waals surface area contributed by atoms with Gasteiger partial charge < -0.3 is 10.1 Å². The molecule has 1 N–H and O–H groups in total. The van der Waals surface area contributed by atoms with E-state index in [0.717, 1.165) is 6.42 Å². The maximum Gasteiger partial charge on any atom is 0.185 e. The van der Waals surface area contributed by atoms with E-state index in [1.807, 2.05) is 6.92 Å². The van der Waals surface area contributed by atoms with Gasteiger partial charge in [-0.15, -0.1) is 0 Å². The first-order valence-electron chi connectivity index (χ1n) is 6.28. The zero-order valence-corrected chi connectivity index (χ0v) is 11.3. The molecular formula is C14H15F3N2O. The first-order chi connectivity index (χ1) is 9.58. The molecule has 1 aromatic heterocycles. The van der Waals surface area contributed by atoms with Crippen LogP contribution in [-0.4, -0.2) is 18.6 Å². The van der Waals surface area contributed by atoms with Crippen molar-refractivity contribution < 1.29 is 17.9 Å². The van der Waals surface area contributed by atoms with E-state index in [4.69, 9.17) is 4.74 Å². The number of rotatable bonds is 5. The second-order valence-electron chi connectivity index (χ2n) is 4.40. The lowest BCUT2D eigenvalue weighted by molar-refractivity contribution is 0.182. The van der Waals surface area contributed by atoms with Gasteiger partial charge >= 0.3 is 0 Å². The van der Waals surface area contributed by atoms with Crippen molar-refractivity contribution in [2.75, 3.05) is 19.0 Å². The number of benzene rings is 1. The molecule has 0 saturated carbocycles. The Morgan fingerprint density at radius 3 is 2.60 bits per heavy atom. The molecule has 0 unspecified atom stereocenters. The summed E-state index contributed by atoms with van der Waals surface area (Å²) in [5.41, 5.74) is 0.471. The predicted molar refractivity (Wildman–Crippen MR) is 71.1 cm³/mol. The van der Waals surface area contributed by atoms with Crippen LogP contribution < -0.4 is 5.32 Å². The van der Waals surface area contributed by atoms with E-state index in [0.29, 0.717) is 24.0 Å². The largest absolute Gasteiger partial charge is 0.384 e. The lowest BCUT2D eigenvalue weighted by Gasteiger charge is -2.12. The van der Waals surface area contributed by atoms with Gasteiger partial charge in [-0.1, -0.05) is 6.92 Å². The third kappa shape index (κ3) is 2.70. The number of hydrogen-bond acceptors (Lipinski definition) is 3. The summed E-state index contributed by atoms with van der Waals surface area (Å²) in [5, 5.41) is 2.95. The van der Waals surface area contributed by atoms with Gasteiger partial charge in [0.2, 0.25) is 0 Å². The third-order valence-electron chi connectivity index (χ3n) is 2.84. The van der Waals surface area contributed by atoms with Crippen LogP contribution in [0, 0.1) is 17.5 Å². The second-order valence-corrected chi connectivity index (χ2v) is 4.40. The molecule has 1 aromatic carbocycles. The Balaban J connectivity index is 2.70. The summed E-state index contributed by atoms with van der Waals surface area (Å²) in [4.78, 5) is 3.93. The number of aromatic nitrogens is 1. The fourth-order valence-electron chi connectivity index (χ4n) is 1.98. The molecule has 2 rings (SSSR count). The van der Waals surface area contributed by atoms with Gasteiger partial charge in [-0.05, 0) is 12.5 Å². The van der Waals surface area contributed by atoms with Crippen molar-refractivity contribution in [3.63, 3.8) is 0 Å². The Morgan fingerprint density at radius 2 is 1.95 bits per heavy atom. The number of ether oxygens (including phenoxy) is 1. The van der Waals surface area contributed by atoms with Crippen LogP contribution in [0.1, 0.15) is 19.0 Å². The smallest absolute Gasteiger partial charge is 0.185 e. The van der Waals surface area contributed by atoms with Gasteiger partial charge in [0.1, 0.15) is 11.3 Å². The molecule has 0 bridgehead atoms. The molecule has 0 atom stereocenters. The van der Waals surface area contributed by atoms with Gasteiger partial charge in [-0.3, -0.25) is 0 Å². The lowest BCUT2D eigenvalue weighted by atomic mass is 10.1. The molecule has 0 aliphatic heterocycles. The number of hydrogen-bond donors (Lipinski definition) is 1. The van der Waals surface area contributed by atoms with Crippen LogP contribution in [-0.2, 0) is 11.3 Å². The maximum atomic E-state index is 13.9. The van der Waals surface area contributed by atoms with Crippen LogP contribution in [0.2, 0.25) is 0 Å².